The number of hydrogen-bond acceptors (Lipinski definition) is 7. The van der Waals surface area contributed by atoms with E-state index in [1.807, 2.05) is 25.7 Å². The molecule has 3 aliphatic rings. The molecule has 1 unspecified atom stereocenters. The number of amides is 1. The number of carbonyl (C=O) groups is 1. The Morgan fingerprint density at radius 2 is 1.86 bits per heavy atom. The van der Waals surface area contributed by atoms with Gasteiger partial charge in [0.25, 0.3) is 0 Å². The van der Waals surface area contributed by atoms with E-state index in [4.69, 9.17) is 4.74 Å². The second-order valence-electron chi connectivity index (χ2n) is 12.0. The highest BCUT2D eigenvalue weighted by atomic mass is 32.1. The maximum absolute atomic E-state index is 12.9. The van der Waals surface area contributed by atoms with Gasteiger partial charge in [-0.15, -0.1) is 11.3 Å². The Kier molecular flexibility index (Phi) is 6.83. The Balaban J connectivity index is 1.15. The number of ether oxygens (including phenoxy) is 1. The van der Waals surface area contributed by atoms with Crippen molar-refractivity contribution >= 4 is 33.5 Å². The number of likely N-dealkylation sites (tertiary alicyclic amines) is 2. The fourth-order valence-electron chi connectivity index (χ4n) is 6.10. The van der Waals surface area contributed by atoms with Crippen LogP contribution < -0.4 is 4.90 Å². The molecule has 2 aromatic rings. The quantitative estimate of drug-likeness (QED) is 0.523. The largest absolute Gasteiger partial charge is 0.444 e. The molecule has 11 heteroatoms. The van der Waals surface area contributed by atoms with Crippen molar-refractivity contribution in [2.45, 2.75) is 71.2 Å². The molecule has 0 N–H and O–H groups in total. The van der Waals surface area contributed by atoms with Crippen molar-refractivity contribution in [3.8, 4) is 0 Å². The number of carbonyl (C=O) groups excluding carboxylic acids is 1. The fourth-order valence-corrected chi connectivity index (χ4v) is 7.12. The van der Waals surface area contributed by atoms with E-state index in [1.54, 1.807) is 6.07 Å². The number of aromatic nitrogens is 2. The third kappa shape index (κ3) is 5.82. The molecule has 5 rings (SSSR count). The minimum atomic E-state index is -4.23. The molecule has 37 heavy (non-hydrogen) atoms. The molecule has 0 aliphatic carbocycles. The van der Waals surface area contributed by atoms with Gasteiger partial charge in [0, 0.05) is 55.6 Å². The van der Waals surface area contributed by atoms with Gasteiger partial charge >= 0.3 is 12.3 Å². The second kappa shape index (κ2) is 9.55. The van der Waals surface area contributed by atoms with Crippen LogP contribution in [0.3, 0.4) is 0 Å². The third-order valence-corrected chi connectivity index (χ3v) is 9.04. The number of alkyl halides is 3. The molecule has 3 aliphatic heterocycles. The molecular formula is C26H36F3N5O2S. The second-order valence-corrected chi connectivity index (χ2v) is 13.2. The SMILES string of the molecule is CC(C1CCN(C(=O)OC(C)(C)C)CC1)N1CC2(CCN(c3ncnc4sc(CC(F)(F)F)cc34)C2)C1. The van der Waals surface area contributed by atoms with Gasteiger partial charge in [-0.05, 0) is 58.9 Å². The van der Waals surface area contributed by atoms with Gasteiger partial charge in [-0.3, -0.25) is 4.90 Å². The van der Waals surface area contributed by atoms with Crippen molar-refractivity contribution in [3.63, 3.8) is 0 Å². The van der Waals surface area contributed by atoms with E-state index in [2.05, 4.69) is 26.7 Å². The average molecular weight is 540 g/mol. The number of anilines is 1. The normalized spacial score (nSPS) is 22.0. The molecule has 0 aromatic carbocycles. The first-order valence-electron chi connectivity index (χ1n) is 13.1. The Morgan fingerprint density at radius 3 is 2.51 bits per heavy atom. The molecule has 0 saturated carbocycles. The van der Waals surface area contributed by atoms with Crippen LogP contribution >= 0.6 is 11.3 Å². The summed E-state index contributed by atoms with van der Waals surface area (Å²) in [6.45, 7) is 13.2. The van der Waals surface area contributed by atoms with Crippen LogP contribution in [0, 0.1) is 11.3 Å². The lowest BCUT2D eigenvalue weighted by atomic mass is 9.76. The summed E-state index contributed by atoms with van der Waals surface area (Å²) in [5, 5.41) is 0.727. The van der Waals surface area contributed by atoms with Crippen LogP contribution in [-0.2, 0) is 11.2 Å². The maximum Gasteiger partial charge on any atom is 0.410 e. The van der Waals surface area contributed by atoms with Crippen LogP contribution in [0.4, 0.5) is 23.8 Å². The number of thiophene rings is 1. The summed E-state index contributed by atoms with van der Waals surface area (Å²) >= 11 is 1.10. The first-order valence-corrected chi connectivity index (χ1v) is 13.9. The molecule has 1 spiro atoms. The summed E-state index contributed by atoms with van der Waals surface area (Å²) in [5.74, 6) is 1.31. The van der Waals surface area contributed by atoms with Crippen molar-refractivity contribution in [2.75, 3.05) is 44.2 Å². The number of hydrogen-bond donors (Lipinski definition) is 0. The molecule has 204 valence electrons. The van der Waals surface area contributed by atoms with Crippen LogP contribution in [-0.4, -0.2) is 82.9 Å². The average Bonchev–Trinajstić information content (AvgIpc) is 3.39. The molecule has 7 nitrogen and oxygen atoms in total. The van der Waals surface area contributed by atoms with Gasteiger partial charge in [0.1, 0.15) is 22.6 Å². The van der Waals surface area contributed by atoms with Gasteiger partial charge in [-0.2, -0.15) is 13.2 Å². The van der Waals surface area contributed by atoms with Crippen molar-refractivity contribution < 1.29 is 22.7 Å². The molecule has 1 amide bonds. The smallest absolute Gasteiger partial charge is 0.410 e. The fraction of sp³-hybridized carbons (Fsp3) is 0.731. The Morgan fingerprint density at radius 1 is 1.16 bits per heavy atom. The van der Waals surface area contributed by atoms with Crippen molar-refractivity contribution in [1.29, 1.82) is 0 Å². The first kappa shape index (κ1) is 26.5. The van der Waals surface area contributed by atoms with E-state index in [-0.39, 0.29) is 16.4 Å². The van der Waals surface area contributed by atoms with Gasteiger partial charge in [0.2, 0.25) is 0 Å². The van der Waals surface area contributed by atoms with Crippen LogP contribution in [0.1, 0.15) is 51.8 Å². The zero-order valence-corrected chi connectivity index (χ0v) is 22.8. The summed E-state index contributed by atoms with van der Waals surface area (Å²) in [5.41, 5.74) is -0.276. The van der Waals surface area contributed by atoms with Gasteiger partial charge < -0.3 is 14.5 Å². The zero-order valence-electron chi connectivity index (χ0n) is 22.0. The molecule has 3 saturated heterocycles. The van der Waals surface area contributed by atoms with E-state index in [9.17, 15) is 18.0 Å². The molecule has 0 bridgehead atoms. The summed E-state index contributed by atoms with van der Waals surface area (Å²) in [7, 11) is 0. The summed E-state index contributed by atoms with van der Waals surface area (Å²) in [6, 6.07) is 2.07. The summed E-state index contributed by atoms with van der Waals surface area (Å²) in [4.78, 5) is 28.6. The predicted molar refractivity (Wildman–Crippen MR) is 138 cm³/mol. The van der Waals surface area contributed by atoms with Gasteiger partial charge in [0.15, 0.2) is 0 Å². The number of halogens is 3. The topological polar surface area (TPSA) is 61.8 Å². The molecule has 2 aromatic heterocycles. The molecular weight excluding hydrogens is 503 g/mol. The lowest BCUT2D eigenvalue weighted by Gasteiger charge is -2.53. The standard InChI is InChI=1S/C26H36F3N5O2S/c1-17(18-5-8-32(9-6-18)23(35)36-24(2,3)4)34-14-25(15-34)7-10-33(13-25)21-20-11-19(12-26(27,28)29)37-22(20)31-16-30-21/h11,16-18H,5-10,12-15H2,1-4H3. The summed E-state index contributed by atoms with van der Waals surface area (Å²) < 4.78 is 44.3. The molecule has 1 atom stereocenters. The van der Waals surface area contributed by atoms with Gasteiger partial charge in [-0.1, -0.05) is 0 Å². The number of rotatable bonds is 4. The van der Waals surface area contributed by atoms with Gasteiger partial charge in [0.05, 0.1) is 11.8 Å². The highest BCUT2D eigenvalue weighted by molar-refractivity contribution is 7.18. The summed E-state index contributed by atoms with van der Waals surface area (Å²) in [6.07, 6.45) is -0.900. The van der Waals surface area contributed by atoms with Crippen LogP contribution in [0.25, 0.3) is 10.2 Å². The molecule has 3 fully saturated rings. The van der Waals surface area contributed by atoms with Gasteiger partial charge in [-0.25, -0.2) is 14.8 Å². The van der Waals surface area contributed by atoms with E-state index in [1.165, 1.54) is 6.33 Å². The Labute approximate surface area is 220 Å². The van der Waals surface area contributed by atoms with Crippen molar-refractivity contribution in [1.82, 2.24) is 19.8 Å². The Bertz CT molecular complexity index is 1130. The van der Waals surface area contributed by atoms with E-state index in [0.29, 0.717) is 16.8 Å². The minimum Gasteiger partial charge on any atom is -0.444 e. The van der Waals surface area contributed by atoms with E-state index >= 15 is 0 Å². The Hall–Kier alpha value is -2.14. The zero-order chi connectivity index (χ0) is 26.6. The minimum absolute atomic E-state index is 0.202. The van der Waals surface area contributed by atoms with Crippen molar-refractivity contribution in [2.24, 2.45) is 11.3 Å². The van der Waals surface area contributed by atoms with Crippen LogP contribution in [0.5, 0.6) is 0 Å². The number of fused-ring (bicyclic) bond motifs is 1. The maximum atomic E-state index is 12.9. The highest BCUT2D eigenvalue weighted by Crippen LogP contribution is 2.45. The number of nitrogens with zero attached hydrogens (tertiary/aromatic N) is 5. The third-order valence-electron chi connectivity index (χ3n) is 8.00. The highest BCUT2D eigenvalue weighted by Gasteiger charge is 2.50. The predicted octanol–water partition coefficient (Wildman–Crippen LogP) is 5.34. The first-order chi connectivity index (χ1) is 17.3. The monoisotopic (exact) mass is 539 g/mol. The van der Waals surface area contributed by atoms with E-state index < -0.39 is 18.2 Å². The molecule has 0 radical (unpaired) electrons. The van der Waals surface area contributed by atoms with Crippen LogP contribution in [0.2, 0.25) is 0 Å². The lowest BCUT2D eigenvalue weighted by molar-refractivity contribution is -0.126. The van der Waals surface area contributed by atoms with E-state index in [0.717, 1.165) is 81.1 Å². The van der Waals surface area contributed by atoms with Crippen LogP contribution in [0.15, 0.2) is 12.4 Å². The number of piperidine rings is 1. The molecule has 5 heterocycles. The lowest BCUT2D eigenvalue weighted by Crippen LogP contribution is -2.62. The van der Waals surface area contributed by atoms with Crippen molar-refractivity contribution in [3.05, 3.63) is 17.3 Å².